The van der Waals surface area contributed by atoms with E-state index in [0.29, 0.717) is 24.8 Å². The van der Waals surface area contributed by atoms with Gasteiger partial charge in [-0.3, -0.25) is 0 Å². The molecule has 0 amide bonds. The van der Waals surface area contributed by atoms with Crippen LogP contribution in [0.3, 0.4) is 0 Å². The first-order valence-electron chi connectivity index (χ1n) is 5.33. The topological polar surface area (TPSA) is 27.7 Å². The van der Waals surface area contributed by atoms with Gasteiger partial charge in [0, 0.05) is 18.3 Å². The molecule has 0 saturated carbocycles. The van der Waals surface area contributed by atoms with Crippen LogP contribution < -0.4 is 0 Å². The van der Waals surface area contributed by atoms with Gasteiger partial charge in [0.25, 0.3) is 0 Å². The number of thioether (sulfide) groups is 1. The Hall–Kier alpha value is -0.0300. The summed E-state index contributed by atoms with van der Waals surface area (Å²) in [7, 11) is 1.64. The molecule has 0 aliphatic carbocycles. The highest BCUT2D eigenvalue weighted by Crippen LogP contribution is 2.50. The van der Waals surface area contributed by atoms with E-state index in [4.69, 9.17) is 14.2 Å². The lowest BCUT2D eigenvalue weighted by Gasteiger charge is -2.49. The van der Waals surface area contributed by atoms with Crippen molar-refractivity contribution in [3.05, 3.63) is 12.7 Å². The molecule has 86 valence electrons. The maximum Gasteiger partial charge on any atom is 0.146 e. The van der Waals surface area contributed by atoms with Crippen LogP contribution in [0, 0.1) is 5.92 Å². The molecule has 2 bridgehead atoms. The normalized spacial score (nSPS) is 38.5. The summed E-state index contributed by atoms with van der Waals surface area (Å²) in [5.74, 6) is 0.564. The van der Waals surface area contributed by atoms with Crippen LogP contribution in [-0.4, -0.2) is 37.3 Å². The van der Waals surface area contributed by atoms with Gasteiger partial charge in [-0.1, -0.05) is 6.08 Å². The third-order valence-electron chi connectivity index (χ3n) is 2.96. The van der Waals surface area contributed by atoms with Gasteiger partial charge in [-0.05, 0) is 12.8 Å². The molecule has 3 aliphatic rings. The number of hydrogen-bond acceptors (Lipinski definition) is 4. The molecule has 0 aromatic rings. The van der Waals surface area contributed by atoms with Gasteiger partial charge in [-0.25, -0.2) is 0 Å². The summed E-state index contributed by atoms with van der Waals surface area (Å²) >= 11 is 1.95. The minimum atomic E-state index is 0.225. The van der Waals surface area contributed by atoms with E-state index in [1.54, 1.807) is 7.11 Å². The summed E-state index contributed by atoms with van der Waals surface area (Å²) in [4.78, 5) is 0. The molecule has 0 N–H and O–H groups in total. The Morgan fingerprint density at radius 2 is 2.40 bits per heavy atom. The highest BCUT2D eigenvalue weighted by Gasteiger charge is 2.46. The molecule has 3 heterocycles. The fourth-order valence-corrected chi connectivity index (χ4v) is 3.51. The Morgan fingerprint density at radius 1 is 1.60 bits per heavy atom. The fraction of sp³-hybridized carbons (Fsp3) is 0.818. The zero-order chi connectivity index (χ0) is 10.7. The van der Waals surface area contributed by atoms with Gasteiger partial charge in [-0.2, -0.15) is 0 Å². The van der Waals surface area contributed by atoms with E-state index < -0.39 is 0 Å². The van der Waals surface area contributed by atoms with Crippen LogP contribution >= 0.6 is 11.8 Å². The number of fused-ring (bicyclic) bond motifs is 2. The van der Waals surface area contributed by atoms with Crippen LogP contribution in [0.4, 0.5) is 0 Å². The molecule has 3 saturated heterocycles. The molecule has 0 aromatic heterocycles. The molecular weight excluding hydrogens is 212 g/mol. The molecule has 3 fully saturated rings. The molecule has 15 heavy (non-hydrogen) atoms. The summed E-state index contributed by atoms with van der Waals surface area (Å²) in [6.07, 6.45) is 4.43. The Balaban J connectivity index is 1.82. The third-order valence-corrected chi connectivity index (χ3v) is 4.45. The average Bonchev–Trinajstić information content (AvgIpc) is 2.19. The summed E-state index contributed by atoms with van der Waals surface area (Å²) in [6, 6.07) is 0. The maximum absolute atomic E-state index is 5.90. The average molecular weight is 230 g/mol. The maximum atomic E-state index is 5.90. The van der Waals surface area contributed by atoms with Crippen LogP contribution in [0.5, 0.6) is 0 Å². The fourth-order valence-electron chi connectivity index (χ4n) is 2.18. The molecule has 0 unspecified atom stereocenters. The van der Waals surface area contributed by atoms with Gasteiger partial charge >= 0.3 is 0 Å². The SMILES string of the molecule is C=CC[C@H]1[C@@H]2C[C@H](O[C@@H]1COCOC)S2. The first kappa shape index (κ1) is 11.5. The first-order chi connectivity index (χ1) is 7.35. The summed E-state index contributed by atoms with van der Waals surface area (Å²) in [5.41, 5.74) is 0.409. The van der Waals surface area contributed by atoms with Crippen molar-refractivity contribution < 1.29 is 14.2 Å². The van der Waals surface area contributed by atoms with E-state index in [0.717, 1.165) is 11.7 Å². The second-order valence-corrected chi connectivity index (χ2v) is 5.38. The zero-order valence-corrected chi connectivity index (χ0v) is 9.87. The molecule has 3 aliphatic heterocycles. The lowest BCUT2D eigenvalue weighted by Crippen LogP contribution is -2.51. The predicted molar refractivity (Wildman–Crippen MR) is 60.8 cm³/mol. The van der Waals surface area contributed by atoms with Crippen LogP contribution in [0.25, 0.3) is 0 Å². The van der Waals surface area contributed by atoms with Crippen LogP contribution in [0.1, 0.15) is 12.8 Å². The minimum Gasteiger partial charge on any atom is -0.362 e. The highest BCUT2D eigenvalue weighted by molar-refractivity contribution is 8.01. The van der Waals surface area contributed by atoms with Crippen molar-refractivity contribution in [1.29, 1.82) is 0 Å². The van der Waals surface area contributed by atoms with Crippen molar-refractivity contribution in [3.63, 3.8) is 0 Å². The second kappa shape index (κ2) is 5.34. The number of ether oxygens (including phenoxy) is 3. The number of allylic oxidation sites excluding steroid dienone is 1. The zero-order valence-electron chi connectivity index (χ0n) is 9.06. The van der Waals surface area contributed by atoms with Gasteiger partial charge < -0.3 is 14.2 Å². The molecule has 3 rings (SSSR count). The van der Waals surface area contributed by atoms with Crippen molar-refractivity contribution in [1.82, 2.24) is 0 Å². The van der Waals surface area contributed by atoms with E-state index in [1.165, 1.54) is 6.42 Å². The molecule has 4 heteroatoms. The van der Waals surface area contributed by atoms with Gasteiger partial charge in [-0.15, -0.1) is 18.3 Å². The smallest absolute Gasteiger partial charge is 0.146 e. The molecule has 0 aromatic carbocycles. The number of rotatable bonds is 6. The lowest BCUT2D eigenvalue weighted by molar-refractivity contribution is -0.123. The van der Waals surface area contributed by atoms with Crippen molar-refractivity contribution in [2.24, 2.45) is 5.92 Å². The van der Waals surface area contributed by atoms with Gasteiger partial charge in [0.1, 0.15) is 12.2 Å². The van der Waals surface area contributed by atoms with Gasteiger partial charge in [0.2, 0.25) is 0 Å². The highest BCUT2D eigenvalue weighted by atomic mass is 32.2. The van der Waals surface area contributed by atoms with Crippen molar-refractivity contribution >= 4 is 11.8 Å². The standard InChI is InChI=1S/C11H18O3S/c1-3-4-8-9(6-13-7-12-2)14-11-5-10(8)15-11/h3,8-11H,1,4-7H2,2H3/t8-,9-,10+,11-/m1/s1. The Labute approximate surface area is 95.2 Å². The lowest BCUT2D eigenvalue weighted by atomic mass is 9.90. The molecular formula is C11H18O3S. The van der Waals surface area contributed by atoms with Crippen LogP contribution in [-0.2, 0) is 14.2 Å². The van der Waals surface area contributed by atoms with E-state index in [-0.39, 0.29) is 6.10 Å². The van der Waals surface area contributed by atoms with Crippen molar-refractivity contribution in [2.75, 3.05) is 20.5 Å². The molecule has 0 spiro atoms. The third kappa shape index (κ3) is 2.56. The van der Waals surface area contributed by atoms with Gasteiger partial charge in [0.05, 0.1) is 12.7 Å². The summed E-state index contributed by atoms with van der Waals surface area (Å²) < 4.78 is 16.1. The molecule has 0 radical (unpaired) electrons. The van der Waals surface area contributed by atoms with Crippen LogP contribution in [0.15, 0.2) is 12.7 Å². The number of hydrogen-bond donors (Lipinski definition) is 0. The van der Waals surface area contributed by atoms with Gasteiger partial charge in [0.15, 0.2) is 0 Å². The Morgan fingerprint density at radius 3 is 3.07 bits per heavy atom. The molecule has 4 atom stereocenters. The Bertz CT molecular complexity index is 216. The summed E-state index contributed by atoms with van der Waals surface area (Å²) in [5, 5.41) is 0.748. The Kier molecular flexibility index (Phi) is 4.08. The number of methoxy groups -OCH3 is 1. The quantitative estimate of drug-likeness (QED) is 0.396. The van der Waals surface area contributed by atoms with Crippen molar-refractivity contribution in [2.45, 2.75) is 29.6 Å². The van der Waals surface area contributed by atoms with Crippen LogP contribution in [0.2, 0.25) is 0 Å². The largest absolute Gasteiger partial charge is 0.362 e. The second-order valence-electron chi connectivity index (χ2n) is 3.98. The van der Waals surface area contributed by atoms with E-state index >= 15 is 0 Å². The first-order valence-corrected chi connectivity index (χ1v) is 6.28. The minimum absolute atomic E-state index is 0.225. The molecule has 3 nitrogen and oxygen atoms in total. The van der Waals surface area contributed by atoms with Crippen molar-refractivity contribution in [3.8, 4) is 0 Å². The van der Waals surface area contributed by atoms with E-state index in [1.807, 2.05) is 17.8 Å². The van der Waals surface area contributed by atoms with E-state index in [9.17, 15) is 0 Å². The monoisotopic (exact) mass is 230 g/mol. The summed E-state index contributed by atoms with van der Waals surface area (Å²) in [6.45, 7) is 4.80. The predicted octanol–water partition coefficient (Wildman–Crippen LogP) is 2.03. The van der Waals surface area contributed by atoms with E-state index in [2.05, 4.69) is 6.58 Å².